The molecule has 13 aromatic rings. The highest BCUT2D eigenvalue weighted by Crippen LogP contribution is 2.58. The molecule has 0 atom stereocenters. The molecule has 2 aliphatic carbocycles. The Labute approximate surface area is 417 Å². The molecule has 0 aliphatic heterocycles. The summed E-state index contributed by atoms with van der Waals surface area (Å²) in [6.07, 6.45) is 0. The van der Waals surface area contributed by atoms with Crippen LogP contribution < -0.4 is 4.90 Å². The Morgan fingerprint density at radius 1 is 0.306 bits per heavy atom. The molecule has 0 fully saturated rings. The van der Waals surface area contributed by atoms with E-state index in [1.54, 1.807) is 0 Å². The topological polar surface area (TPSA) is 29.5 Å². The van der Waals surface area contributed by atoms with Gasteiger partial charge in [-0.05, 0) is 111 Å². The highest BCUT2D eigenvalue weighted by Gasteiger charge is 2.47. The summed E-state index contributed by atoms with van der Waals surface area (Å²) < 4.78 is 13.8. The number of nitrogens with zero attached hydrogens (tertiary/aromatic N) is 1. The van der Waals surface area contributed by atoms with Crippen LogP contribution in [0.4, 0.5) is 17.1 Å². The van der Waals surface area contributed by atoms with E-state index in [-0.39, 0.29) is 0 Å². The Morgan fingerprint density at radius 3 is 1.49 bits per heavy atom. The molecular formula is C69H45NO2. The van der Waals surface area contributed by atoms with Crippen LogP contribution in [0.2, 0.25) is 0 Å². The molecule has 0 N–H and O–H groups in total. The summed E-state index contributed by atoms with van der Waals surface area (Å²) in [5.74, 6) is 0. The van der Waals surface area contributed by atoms with Crippen molar-refractivity contribution in [3.63, 3.8) is 0 Å². The van der Waals surface area contributed by atoms with E-state index < -0.39 is 10.8 Å². The third-order valence-electron chi connectivity index (χ3n) is 16.0. The fourth-order valence-corrected chi connectivity index (χ4v) is 12.8. The number of hydrogen-bond acceptors (Lipinski definition) is 3. The number of benzene rings is 11. The average Bonchev–Trinajstić information content (AvgIpc) is 4.18. The Hall–Kier alpha value is -9.18. The maximum atomic E-state index is 7.22. The van der Waals surface area contributed by atoms with Crippen LogP contribution in [-0.4, -0.2) is 0 Å². The first-order valence-corrected chi connectivity index (χ1v) is 24.9. The van der Waals surface area contributed by atoms with Gasteiger partial charge in [0.25, 0.3) is 0 Å². The minimum Gasteiger partial charge on any atom is -0.456 e. The molecule has 0 unspecified atom stereocenters. The summed E-state index contributed by atoms with van der Waals surface area (Å²) in [6.45, 7) is 2.36. The fourth-order valence-electron chi connectivity index (χ4n) is 12.8. The zero-order chi connectivity index (χ0) is 47.5. The molecule has 11 aromatic carbocycles. The second-order valence-corrected chi connectivity index (χ2v) is 19.6. The van der Waals surface area contributed by atoms with Gasteiger partial charge in [0.1, 0.15) is 22.3 Å². The molecule has 338 valence electrons. The van der Waals surface area contributed by atoms with Gasteiger partial charge in [0, 0.05) is 61.2 Å². The molecule has 0 saturated heterocycles. The van der Waals surface area contributed by atoms with Gasteiger partial charge in [-0.1, -0.05) is 206 Å². The van der Waals surface area contributed by atoms with Crippen molar-refractivity contribution in [2.24, 2.45) is 0 Å². The number of anilines is 3. The van der Waals surface area contributed by atoms with E-state index in [0.717, 1.165) is 72.1 Å². The molecule has 0 bridgehead atoms. The first-order valence-electron chi connectivity index (χ1n) is 24.9. The lowest BCUT2D eigenvalue weighted by molar-refractivity contribution is 0.638. The van der Waals surface area contributed by atoms with Crippen molar-refractivity contribution in [3.8, 4) is 33.4 Å². The molecule has 72 heavy (non-hydrogen) atoms. The van der Waals surface area contributed by atoms with Gasteiger partial charge in [-0.15, -0.1) is 0 Å². The van der Waals surface area contributed by atoms with Gasteiger partial charge in [0.2, 0.25) is 0 Å². The van der Waals surface area contributed by atoms with E-state index in [0.29, 0.717) is 0 Å². The molecule has 3 nitrogen and oxygen atoms in total. The Balaban J connectivity index is 0.940. The standard InChI is InChI=1S/C69H45NO2/c1-68(59-29-12-8-22-51(59)52-23-9-13-30-60(52)68)62-32-17-28-58-56-41-39-49(43-65(56)72-67(58)62)70(47-36-34-44(35-37-47)50-26-16-27-57-55-25-11-15-33-64(55)71-66(50)57)48-38-40-54-53-24-10-14-31-61(53)69(63(54)42-48,45-18-4-2-5-19-45)46-20-6-3-7-21-46/h2-43H,1H3. The lowest BCUT2D eigenvalue weighted by Crippen LogP contribution is -2.28. The van der Waals surface area contributed by atoms with Gasteiger partial charge in [-0.25, -0.2) is 0 Å². The van der Waals surface area contributed by atoms with Crippen LogP contribution in [-0.2, 0) is 10.8 Å². The Kier molecular flexibility index (Phi) is 8.71. The van der Waals surface area contributed by atoms with Crippen LogP contribution >= 0.6 is 0 Å². The first-order chi connectivity index (χ1) is 35.6. The van der Waals surface area contributed by atoms with E-state index in [1.165, 1.54) is 61.2 Å². The van der Waals surface area contributed by atoms with E-state index in [4.69, 9.17) is 8.83 Å². The van der Waals surface area contributed by atoms with Crippen molar-refractivity contribution < 1.29 is 8.83 Å². The van der Waals surface area contributed by atoms with Crippen LogP contribution in [0.25, 0.3) is 77.3 Å². The van der Waals surface area contributed by atoms with Gasteiger partial charge in [0.05, 0.1) is 5.41 Å². The fraction of sp³-hybridized carbons (Fsp3) is 0.0435. The first kappa shape index (κ1) is 40.7. The predicted molar refractivity (Wildman–Crippen MR) is 296 cm³/mol. The molecule has 3 heteroatoms. The minimum absolute atomic E-state index is 0.407. The highest BCUT2D eigenvalue weighted by molar-refractivity contribution is 6.10. The lowest BCUT2D eigenvalue weighted by Gasteiger charge is -2.35. The van der Waals surface area contributed by atoms with Crippen molar-refractivity contribution >= 4 is 60.9 Å². The van der Waals surface area contributed by atoms with Gasteiger partial charge in [0.15, 0.2) is 0 Å². The second kappa shape index (κ2) is 15.4. The van der Waals surface area contributed by atoms with E-state index in [9.17, 15) is 0 Å². The highest BCUT2D eigenvalue weighted by atomic mass is 16.3. The molecular weight excluding hydrogens is 875 g/mol. The number of furan rings is 2. The number of para-hydroxylation sites is 3. The van der Waals surface area contributed by atoms with E-state index >= 15 is 0 Å². The van der Waals surface area contributed by atoms with Crippen molar-refractivity contribution in [1.29, 1.82) is 0 Å². The van der Waals surface area contributed by atoms with Crippen LogP contribution in [0.1, 0.15) is 45.9 Å². The molecule has 2 heterocycles. The normalized spacial score (nSPS) is 13.8. The second-order valence-electron chi connectivity index (χ2n) is 19.6. The summed E-state index contributed by atoms with van der Waals surface area (Å²) >= 11 is 0. The largest absolute Gasteiger partial charge is 0.456 e. The van der Waals surface area contributed by atoms with E-state index in [1.807, 2.05) is 12.1 Å². The third kappa shape index (κ3) is 5.62. The SMILES string of the molecule is CC1(c2cccc3c2oc2cc(N(c4ccc(-c5cccc6c5oc5ccccc56)cc4)c4ccc5c(c4)C(c4ccccc4)(c4ccccc4)c4ccccc4-5)ccc23)c2ccccc2-c2ccccc21. The molecule has 2 aliphatic rings. The summed E-state index contributed by atoms with van der Waals surface area (Å²) in [5.41, 5.74) is 21.6. The van der Waals surface area contributed by atoms with Gasteiger partial charge >= 0.3 is 0 Å². The van der Waals surface area contributed by atoms with Crippen LogP contribution in [0, 0.1) is 0 Å². The number of hydrogen-bond donors (Lipinski definition) is 0. The maximum absolute atomic E-state index is 7.22. The summed E-state index contributed by atoms with van der Waals surface area (Å²) in [7, 11) is 0. The molecule has 0 amide bonds. The minimum atomic E-state index is -0.558. The third-order valence-corrected chi connectivity index (χ3v) is 16.0. The zero-order valence-electron chi connectivity index (χ0n) is 39.5. The zero-order valence-corrected chi connectivity index (χ0v) is 39.5. The average molecular weight is 920 g/mol. The van der Waals surface area contributed by atoms with Crippen molar-refractivity contribution in [2.45, 2.75) is 17.8 Å². The van der Waals surface area contributed by atoms with E-state index in [2.05, 4.69) is 254 Å². The van der Waals surface area contributed by atoms with Crippen molar-refractivity contribution in [3.05, 3.63) is 294 Å². The van der Waals surface area contributed by atoms with Gasteiger partial charge in [-0.3, -0.25) is 0 Å². The summed E-state index contributed by atoms with van der Waals surface area (Å²) in [6, 6.07) is 92.9. The monoisotopic (exact) mass is 919 g/mol. The number of fused-ring (bicyclic) bond motifs is 12. The maximum Gasteiger partial charge on any atom is 0.143 e. The Bertz CT molecular complexity index is 4210. The molecule has 0 spiro atoms. The van der Waals surface area contributed by atoms with Gasteiger partial charge in [-0.2, -0.15) is 0 Å². The lowest BCUT2D eigenvalue weighted by atomic mass is 9.67. The van der Waals surface area contributed by atoms with Crippen molar-refractivity contribution in [2.75, 3.05) is 4.90 Å². The summed E-state index contributed by atoms with van der Waals surface area (Å²) in [5, 5.41) is 4.44. The predicted octanol–water partition coefficient (Wildman–Crippen LogP) is 18.3. The van der Waals surface area contributed by atoms with Crippen LogP contribution in [0.15, 0.2) is 264 Å². The number of rotatable bonds is 7. The van der Waals surface area contributed by atoms with Crippen molar-refractivity contribution in [1.82, 2.24) is 0 Å². The molecule has 15 rings (SSSR count). The molecule has 2 aromatic heterocycles. The van der Waals surface area contributed by atoms with Gasteiger partial charge < -0.3 is 13.7 Å². The van der Waals surface area contributed by atoms with Crippen LogP contribution in [0.3, 0.4) is 0 Å². The Morgan fingerprint density at radius 2 is 0.778 bits per heavy atom. The summed E-state index contributed by atoms with van der Waals surface area (Å²) in [4.78, 5) is 2.40. The molecule has 0 radical (unpaired) electrons. The molecule has 0 saturated carbocycles. The van der Waals surface area contributed by atoms with Crippen LogP contribution in [0.5, 0.6) is 0 Å². The smallest absolute Gasteiger partial charge is 0.143 e. The quantitative estimate of drug-likeness (QED) is 0.160.